The average Bonchev–Trinajstić information content (AvgIpc) is 3.49. The fraction of sp³-hybridized carbons (Fsp3) is 0.350. The van der Waals surface area contributed by atoms with Crippen LogP contribution in [0.1, 0.15) is 46.1 Å². The summed E-state index contributed by atoms with van der Waals surface area (Å²) in [5, 5.41) is 8.05. The maximum Gasteiger partial charge on any atom is 0.259 e. The Morgan fingerprint density at radius 1 is 1.25 bits per heavy atom. The second kappa shape index (κ2) is 6.67. The smallest absolute Gasteiger partial charge is 0.259 e. The van der Waals surface area contributed by atoms with E-state index in [9.17, 15) is 4.79 Å². The van der Waals surface area contributed by atoms with Gasteiger partial charge in [0, 0.05) is 18.2 Å². The van der Waals surface area contributed by atoms with E-state index in [2.05, 4.69) is 15.5 Å². The lowest BCUT2D eigenvalue weighted by Gasteiger charge is -2.20. The first-order valence-electron chi connectivity index (χ1n) is 9.23. The SMILES string of the molecule is Cc1noc2nc(C3CC3)cc(C(=O)NCc3cc(Cl)c4c(c3)OCCO4)c12. The molecule has 0 bridgehead atoms. The first-order chi connectivity index (χ1) is 13.6. The molecule has 1 aromatic carbocycles. The number of amides is 1. The minimum atomic E-state index is -0.202. The van der Waals surface area contributed by atoms with Crippen LogP contribution in [-0.4, -0.2) is 29.3 Å². The van der Waals surface area contributed by atoms with Crippen LogP contribution in [0.4, 0.5) is 0 Å². The highest BCUT2D eigenvalue weighted by Crippen LogP contribution is 2.41. The van der Waals surface area contributed by atoms with Gasteiger partial charge >= 0.3 is 0 Å². The summed E-state index contributed by atoms with van der Waals surface area (Å²) in [4.78, 5) is 17.5. The van der Waals surface area contributed by atoms with E-state index in [0.29, 0.717) is 64.6 Å². The Labute approximate surface area is 166 Å². The molecule has 3 aromatic rings. The maximum absolute atomic E-state index is 13.0. The third-order valence-corrected chi connectivity index (χ3v) is 5.27. The minimum Gasteiger partial charge on any atom is -0.486 e. The van der Waals surface area contributed by atoms with Crippen LogP contribution in [0, 0.1) is 6.92 Å². The minimum absolute atomic E-state index is 0.202. The Morgan fingerprint density at radius 3 is 2.89 bits per heavy atom. The van der Waals surface area contributed by atoms with Crippen molar-refractivity contribution in [3.63, 3.8) is 0 Å². The number of benzene rings is 1. The van der Waals surface area contributed by atoms with E-state index in [1.807, 2.05) is 19.1 Å². The lowest BCUT2D eigenvalue weighted by Crippen LogP contribution is -2.24. The lowest BCUT2D eigenvalue weighted by molar-refractivity contribution is 0.0952. The molecule has 0 unspecified atom stereocenters. The van der Waals surface area contributed by atoms with Crippen molar-refractivity contribution in [2.45, 2.75) is 32.2 Å². The molecule has 1 fully saturated rings. The standard InChI is InChI=1S/C20H18ClN3O4/c1-10-17-13(8-15(12-2-3-12)23-20(17)28-24-10)19(25)22-9-11-6-14(21)18-16(7-11)26-4-5-27-18/h6-8,12H,2-5,9H2,1H3,(H,22,25). The van der Waals surface area contributed by atoms with Crippen LogP contribution in [-0.2, 0) is 6.54 Å². The molecule has 0 saturated heterocycles. The molecule has 8 heteroatoms. The first kappa shape index (κ1) is 17.3. The van der Waals surface area contributed by atoms with Crippen molar-refractivity contribution in [2.75, 3.05) is 13.2 Å². The van der Waals surface area contributed by atoms with Crippen LogP contribution in [0.5, 0.6) is 11.5 Å². The molecule has 5 rings (SSSR count). The van der Waals surface area contributed by atoms with E-state index in [1.54, 1.807) is 6.07 Å². The van der Waals surface area contributed by atoms with Crippen LogP contribution in [0.25, 0.3) is 11.1 Å². The summed E-state index contributed by atoms with van der Waals surface area (Å²) >= 11 is 6.28. The number of nitrogens with one attached hydrogen (secondary N) is 1. The molecule has 7 nitrogen and oxygen atoms in total. The molecule has 3 heterocycles. The highest BCUT2D eigenvalue weighted by atomic mass is 35.5. The van der Waals surface area contributed by atoms with Crippen molar-refractivity contribution >= 4 is 28.6 Å². The molecule has 2 aromatic heterocycles. The van der Waals surface area contributed by atoms with Gasteiger partial charge in [0.1, 0.15) is 13.2 Å². The molecule has 2 aliphatic rings. The lowest BCUT2D eigenvalue weighted by atomic mass is 10.1. The van der Waals surface area contributed by atoms with Gasteiger partial charge in [0.15, 0.2) is 11.5 Å². The largest absolute Gasteiger partial charge is 0.486 e. The molecule has 0 spiro atoms. The first-order valence-corrected chi connectivity index (χ1v) is 9.61. The summed E-state index contributed by atoms with van der Waals surface area (Å²) in [5.74, 6) is 1.35. The summed E-state index contributed by atoms with van der Waals surface area (Å²) in [5.41, 5.74) is 3.31. The maximum atomic E-state index is 13.0. The van der Waals surface area contributed by atoms with E-state index in [-0.39, 0.29) is 5.91 Å². The molecule has 1 aliphatic carbocycles. The fourth-order valence-electron chi connectivity index (χ4n) is 3.42. The second-order valence-corrected chi connectivity index (χ2v) is 7.51. The number of carbonyl (C=O) groups excluding carboxylic acids is 1. The topological polar surface area (TPSA) is 86.5 Å². The Kier molecular flexibility index (Phi) is 4.12. The third kappa shape index (κ3) is 3.05. The van der Waals surface area contributed by atoms with Crippen molar-refractivity contribution in [3.05, 3.63) is 45.7 Å². The summed E-state index contributed by atoms with van der Waals surface area (Å²) in [6.07, 6.45) is 2.17. The van der Waals surface area contributed by atoms with Gasteiger partial charge in [-0.15, -0.1) is 0 Å². The van der Waals surface area contributed by atoms with Gasteiger partial charge in [-0.1, -0.05) is 16.8 Å². The molecule has 28 heavy (non-hydrogen) atoms. The highest BCUT2D eigenvalue weighted by molar-refractivity contribution is 6.32. The zero-order valence-corrected chi connectivity index (χ0v) is 16.0. The third-order valence-electron chi connectivity index (χ3n) is 4.99. The molecular formula is C20H18ClN3O4. The number of nitrogens with zero attached hydrogens (tertiary/aromatic N) is 2. The number of aryl methyl sites for hydroxylation is 1. The molecule has 1 amide bonds. The predicted molar refractivity (Wildman–Crippen MR) is 102 cm³/mol. The number of hydrogen-bond acceptors (Lipinski definition) is 6. The van der Waals surface area contributed by atoms with E-state index in [0.717, 1.165) is 24.1 Å². The monoisotopic (exact) mass is 399 g/mol. The van der Waals surface area contributed by atoms with Crippen LogP contribution >= 0.6 is 11.6 Å². The van der Waals surface area contributed by atoms with E-state index >= 15 is 0 Å². The van der Waals surface area contributed by atoms with E-state index in [4.69, 9.17) is 25.6 Å². The average molecular weight is 400 g/mol. The molecular weight excluding hydrogens is 382 g/mol. The predicted octanol–water partition coefficient (Wildman–Crippen LogP) is 3.76. The van der Waals surface area contributed by atoms with Gasteiger partial charge in [0.25, 0.3) is 11.6 Å². The normalized spacial score (nSPS) is 15.6. The summed E-state index contributed by atoms with van der Waals surface area (Å²) in [7, 11) is 0. The quantitative estimate of drug-likeness (QED) is 0.718. The number of halogens is 1. The van der Waals surface area contributed by atoms with Crippen molar-refractivity contribution in [2.24, 2.45) is 0 Å². The summed E-state index contributed by atoms with van der Waals surface area (Å²) in [6.45, 7) is 3.07. The number of ether oxygens (including phenoxy) is 2. The van der Waals surface area contributed by atoms with E-state index in [1.165, 1.54) is 0 Å². The van der Waals surface area contributed by atoms with Crippen LogP contribution in [0.3, 0.4) is 0 Å². The zero-order valence-electron chi connectivity index (χ0n) is 15.3. The summed E-state index contributed by atoms with van der Waals surface area (Å²) < 4.78 is 16.4. The van der Waals surface area contributed by atoms with Gasteiger partial charge in [0.2, 0.25) is 0 Å². The van der Waals surface area contributed by atoms with Crippen molar-refractivity contribution in [3.8, 4) is 11.5 Å². The molecule has 1 aliphatic heterocycles. The zero-order chi connectivity index (χ0) is 19.3. The number of aromatic nitrogens is 2. The van der Waals surface area contributed by atoms with E-state index < -0.39 is 0 Å². The van der Waals surface area contributed by atoms with Crippen molar-refractivity contribution in [1.29, 1.82) is 0 Å². The van der Waals surface area contributed by atoms with Gasteiger partial charge in [-0.3, -0.25) is 4.79 Å². The molecule has 1 saturated carbocycles. The van der Waals surface area contributed by atoms with Crippen molar-refractivity contribution in [1.82, 2.24) is 15.5 Å². The number of pyridine rings is 1. The summed E-state index contributed by atoms with van der Waals surface area (Å²) in [6, 6.07) is 5.47. The molecule has 144 valence electrons. The second-order valence-electron chi connectivity index (χ2n) is 7.10. The van der Waals surface area contributed by atoms with Crippen molar-refractivity contribution < 1.29 is 18.8 Å². The Bertz CT molecular complexity index is 1090. The van der Waals surface area contributed by atoms with Gasteiger partial charge in [0.05, 0.1) is 21.7 Å². The Hall–Kier alpha value is -2.80. The fourth-order valence-corrected chi connectivity index (χ4v) is 3.71. The molecule has 1 N–H and O–H groups in total. The van der Waals surface area contributed by atoms with Crippen LogP contribution in [0.15, 0.2) is 22.7 Å². The van der Waals surface area contributed by atoms with Gasteiger partial charge in [-0.05, 0) is 43.5 Å². The van der Waals surface area contributed by atoms with Gasteiger partial charge in [-0.25, -0.2) is 4.98 Å². The van der Waals surface area contributed by atoms with Gasteiger partial charge in [-0.2, -0.15) is 0 Å². The number of hydrogen-bond donors (Lipinski definition) is 1. The Morgan fingerprint density at radius 2 is 2.07 bits per heavy atom. The van der Waals surface area contributed by atoms with Gasteiger partial charge < -0.3 is 19.3 Å². The number of carbonyl (C=O) groups is 1. The highest BCUT2D eigenvalue weighted by Gasteiger charge is 2.28. The Balaban J connectivity index is 1.42. The molecule has 0 radical (unpaired) electrons. The molecule has 0 atom stereocenters. The number of rotatable bonds is 4. The van der Waals surface area contributed by atoms with Crippen LogP contribution < -0.4 is 14.8 Å². The van der Waals surface area contributed by atoms with Crippen LogP contribution in [0.2, 0.25) is 5.02 Å². The number of fused-ring (bicyclic) bond motifs is 2.